The molecule has 0 bridgehead atoms. The van der Waals surface area contributed by atoms with Crippen LogP contribution in [0.2, 0.25) is 0 Å². The number of rotatable bonds is 3. The summed E-state index contributed by atoms with van der Waals surface area (Å²) < 4.78 is 39.5. The number of thioether (sulfide) groups is 1. The predicted molar refractivity (Wildman–Crippen MR) is 80.6 cm³/mol. The Morgan fingerprint density at radius 1 is 1.00 bits per heavy atom. The molecule has 0 spiro atoms. The zero-order valence-corrected chi connectivity index (χ0v) is 12.4. The van der Waals surface area contributed by atoms with Crippen molar-refractivity contribution in [3.8, 4) is 0 Å². The lowest BCUT2D eigenvalue weighted by Crippen LogP contribution is -2.04. The number of benzene rings is 2. The molecule has 0 aliphatic rings. The minimum absolute atomic E-state index is 0.609. The summed E-state index contributed by atoms with van der Waals surface area (Å²) in [5.74, 6) is 0.609. The Kier molecular flexibility index (Phi) is 3.91. The van der Waals surface area contributed by atoms with Gasteiger partial charge < -0.3 is 0 Å². The van der Waals surface area contributed by atoms with Crippen LogP contribution in [0.3, 0.4) is 0 Å². The number of fused-ring (bicyclic) bond motifs is 1. The third-order valence-electron chi connectivity index (χ3n) is 2.92. The van der Waals surface area contributed by atoms with Gasteiger partial charge in [0.25, 0.3) is 0 Å². The van der Waals surface area contributed by atoms with Crippen molar-refractivity contribution < 1.29 is 13.2 Å². The Morgan fingerprint density at radius 2 is 1.71 bits per heavy atom. The Hall–Kier alpha value is -1.53. The maximum Gasteiger partial charge on any atom is 0.416 e. The number of hydrogen-bond donors (Lipinski definition) is 0. The number of para-hydroxylation sites is 1. The third-order valence-corrected chi connectivity index (χ3v) is 5.17. The molecule has 2 aromatic carbocycles. The van der Waals surface area contributed by atoms with Gasteiger partial charge in [-0.3, -0.25) is 0 Å². The number of thiazole rings is 1. The zero-order chi connectivity index (χ0) is 14.9. The highest BCUT2D eigenvalue weighted by atomic mass is 32.2. The van der Waals surface area contributed by atoms with Crippen molar-refractivity contribution in [2.45, 2.75) is 16.3 Å². The lowest BCUT2D eigenvalue weighted by molar-refractivity contribution is -0.137. The molecule has 3 rings (SSSR count). The molecule has 1 heterocycles. The van der Waals surface area contributed by atoms with Gasteiger partial charge in [-0.2, -0.15) is 13.2 Å². The summed E-state index contributed by atoms with van der Waals surface area (Å²) in [5.41, 5.74) is 1.20. The second kappa shape index (κ2) is 5.69. The summed E-state index contributed by atoms with van der Waals surface area (Å²) in [4.78, 5) is 4.49. The molecule has 0 aliphatic carbocycles. The Balaban J connectivity index is 1.69. The SMILES string of the molecule is FC(F)(F)c1ccc(CSc2nc3ccccc3s2)cc1. The second-order valence-corrected chi connectivity index (χ2v) is 6.68. The maximum absolute atomic E-state index is 12.5. The van der Waals surface area contributed by atoms with E-state index < -0.39 is 11.7 Å². The van der Waals surface area contributed by atoms with E-state index in [0.29, 0.717) is 5.75 Å². The van der Waals surface area contributed by atoms with Gasteiger partial charge in [-0.05, 0) is 29.8 Å². The molecular weight excluding hydrogens is 315 g/mol. The minimum atomic E-state index is -4.28. The first kappa shape index (κ1) is 14.4. The van der Waals surface area contributed by atoms with E-state index >= 15 is 0 Å². The van der Waals surface area contributed by atoms with Crippen LogP contribution in [0, 0.1) is 0 Å². The van der Waals surface area contributed by atoms with E-state index in [9.17, 15) is 13.2 Å². The van der Waals surface area contributed by atoms with E-state index in [2.05, 4.69) is 4.98 Å². The number of halogens is 3. The molecule has 3 aromatic rings. The van der Waals surface area contributed by atoms with Crippen LogP contribution in [0.1, 0.15) is 11.1 Å². The quantitative estimate of drug-likeness (QED) is 0.581. The van der Waals surface area contributed by atoms with Gasteiger partial charge in [0.05, 0.1) is 15.8 Å². The van der Waals surface area contributed by atoms with Crippen molar-refractivity contribution >= 4 is 33.3 Å². The first-order valence-electron chi connectivity index (χ1n) is 6.17. The number of hydrogen-bond acceptors (Lipinski definition) is 3. The number of nitrogens with zero attached hydrogens (tertiary/aromatic N) is 1. The van der Waals surface area contributed by atoms with Gasteiger partial charge in [0.2, 0.25) is 0 Å². The molecule has 0 amide bonds. The molecule has 6 heteroatoms. The lowest BCUT2D eigenvalue weighted by atomic mass is 10.1. The fraction of sp³-hybridized carbons (Fsp3) is 0.133. The molecule has 0 saturated heterocycles. The summed E-state index contributed by atoms with van der Waals surface area (Å²) in [6.07, 6.45) is -4.28. The molecule has 0 N–H and O–H groups in total. The van der Waals surface area contributed by atoms with Crippen molar-refractivity contribution in [2.24, 2.45) is 0 Å². The molecule has 0 saturated carbocycles. The highest BCUT2D eigenvalue weighted by Gasteiger charge is 2.29. The summed E-state index contributed by atoms with van der Waals surface area (Å²) in [7, 11) is 0. The van der Waals surface area contributed by atoms with Crippen LogP contribution in [0.4, 0.5) is 13.2 Å². The molecule has 21 heavy (non-hydrogen) atoms. The molecule has 0 radical (unpaired) electrons. The summed E-state index contributed by atoms with van der Waals surface area (Å²) in [5, 5.41) is 0. The summed E-state index contributed by atoms with van der Waals surface area (Å²) in [6, 6.07) is 13.1. The molecule has 0 aliphatic heterocycles. The number of aromatic nitrogens is 1. The molecule has 0 atom stereocenters. The van der Waals surface area contributed by atoms with Gasteiger partial charge in [-0.25, -0.2) is 4.98 Å². The Morgan fingerprint density at radius 3 is 2.38 bits per heavy atom. The summed E-state index contributed by atoms with van der Waals surface area (Å²) in [6.45, 7) is 0. The third kappa shape index (κ3) is 3.39. The monoisotopic (exact) mass is 325 g/mol. The Bertz CT molecular complexity index is 714. The largest absolute Gasteiger partial charge is 0.416 e. The van der Waals surface area contributed by atoms with E-state index in [-0.39, 0.29) is 0 Å². The van der Waals surface area contributed by atoms with Crippen molar-refractivity contribution in [1.82, 2.24) is 4.98 Å². The Labute approximate surface area is 127 Å². The van der Waals surface area contributed by atoms with Crippen molar-refractivity contribution in [3.05, 3.63) is 59.7 Å². The topological polar surface area (TPSA) is 12.9 Å². The number of alkyl halides is 3. The molecule has 0 unspecified atom stereocenters. The van der Waals surface area contributed by atoms with Crippen molar-refractivity contribution in [1.29, 1.82) is 0 Å². The van der Waals surface area contributed by atoms with Gasteiger partial charge in [0.1, 0.15) is 0 Å². The van der Waals surface area contributed by atoms with E-state index in [1.165, 1.54) is 23.9 Å². The lowest BCUT2D eigenvalue weighted by Gasteiger charge is -2.06. The maximum atomic E-state index is 12.5. The first-order valence-corrected chi connectivity index (χ1v) is 7.97. The van der Waals surface area contributed by atoms with Crippen LogP contribution in [-0.2, 0) is 11.9 Å². The van der Waals surface area contributed by atoms with Crippen LogP contribution in [0.25, 0.3) is 10.2 Å². The van der Waals surface area contributed by atoms with Gasteiger partial charge >= 0.3 is 6.18 Å². The van der Waals surface area contributed by atoms with Crippen LogP contribution < -0.4 is 0 Å². The highest BCUT2D eigenvalue weighted by molar-refractivity contribution is 8.00. The van der Waals surface area contributed by atoms with Gasteiger partial charge in [0.15, 0.2) is 4.34 Å². The molecule has 108 valence electrons. The standard InChI is InChI=1S/C15H10F3NS2/c16-15(17,18)11-7-5-10(6-8-11)9-20-14-19-12-3-1-2-4-13(12)21-14/h1-8H,9H2. The van der Waals surface area contributed by atoms with E-state index in [0.717, 1.165) is 32.3 Å². The fourth-order valence-corrected chi connectivity index (χ4v) is 3.87. The predicted octanol–water partition coefficient (Wildman–Crippen LogP) is 5.61. The van der Waals surface area contributed by atoms with Crippen molar-refractivity contribution in [3.63, 3.8) is 0 Å². The van der Waals surface area contributed by atoms with E-state index in [4.69, 9.17) is 0 Å². The normalized spacial score (nSPS) is 12.0. The molecule has 1 aromatic heterocycles. The molecule has 0 fully saturated rings. The molecule has 1 nitrogen and oxygen atoms in total. The van der Waals surface area contributed by atoms with Gasteiger partial charge in [0, 0.05) is 5.75 Å². The second-order valence-electron chi connectivity index (χ2n) is 4.43. The highest BCUT2D eigenvalue weighted by Crippen LogP contribution is 2.33. The minimum Gasteiger partial charge on any atom is -0.230 e. The average molecular weight is 325 g/mol. The van der Waals surface area contributed by atoms with Crippen molar-refractivity contribution in [2.75, 3.05) is 0 Å². The van der Waals surface area contributed by atoms with Gasteiger partial charge in [-0.1, -0.05) is 36.0 Å². The average Bonchev–Trinajstić information content (AvgIpc) is 2.87. The van der Waals surface area contributed by atoms with Gasteiger partial charge in [-0.15, -0.1) is 11.3 Å². The summed E-state index contributed by atoms with van der Waals surface area (Å²) >= 11 is 3.13. The first-order chi connectivity index (χ1) is 10.0. The van der Waals surface area contributed by atoms with E-state index in [1.54, 1.807) is 11.3 Å². The van der Waals surface area contributed by atoms with E-state index in [1.807, 2.05) is 24.3 Å². The van der Waals surface area contributed by atoms with Crippen LogP contribution in [0.15, 0.2) is 52.9 Å². The zero-order valence-electron chi connectivity index (χ0n) is 10.7. The van der Waals surface area contributed by atoms with Crippen LogP contribution in [-0.4, -0.2) is 4.98 Å². The van der Waals surface area contributed by atoms with Crippen LogP contribution in [0.5, 0.6) is 0 Å². The fourth-order valence-electron chi connectivity index (χ4n) is 1.85. The smallest absolute Gasteiger partial charge is 0.230 e. The van der Waals surface area contributed by atoms with Crippen LogP contribution >= 0.6 is 23.1 Å². The molecular formula is C15H10F3NS2.